The van der Waals surface area contributed by atoms with Gasteiger partial charge in [-0.3, -0.25) is 4.99 Å². The summed E-state index contributed by atoms with van der Waals surface area (Å²) >= 11 is 0. The topological polar surface area (TPSA) is 12.4 Å². The van der Waals surface area contributed by atoms with E-state index in [0.29, 0.717) is 11.8 Å². The Kier molecular flexibility index (Phi) is 5.57. The summed E-state index contributed by atoms with van der Waals surface area (Å²) in [6.45, 7) is 10.2. The van der Waals surface area contributed by atoms with Crippen molar-refractivity contribution in [3.8, 4) is 0 Å². The fraction of sp³-hybridized carbons (Fsp3) is 0.353. The molecule has 0 fully saturated rings. The Morgan fingerprint density at radius 3 is 2.44 bits per heavy atom. The number of allylic oxidation sites excluding steroid dienone is 9. The monoisotopic (exact) mass is 241 g/mol. The van der Waals surface area contributed by atoms with Crippen molar-refractivity contribution >= 4 is 5.71 Å². The van der Waals surface area contributed by atoms with Crippen molar-refractivity contribution in [3.63, 3.8) is 0 Å². The van der Waals surface area contributed by atoms with Crippen molar-refractivity contribution in [3.05, 3.63) is 60.3 Å². The number of hydrogen-bond donors (Lipinski definition) is 0. The molecule has 18 heavy (non-hydrogen) atoms. The molecule has 0 aliphatic heterocycles. The number of rotatable bonds is 4. The summed E-state index contributed by atoms with van der Waals surface area (Å²) in [4.78, 5) is 4.50. The van der Waals surface area contributed by atoms with Gasteiger partial charge < -0.3 is 0 Å². The minimum absolute atomic E-state index is 0.349. The molecule has 2 unspecified atom stereocenters. The molecule has 0 saturated heterocycles. The summed E-state index contributed by atoms with van der Waals surface area (Å²) < 4.78 is 0. The van der Waals surface area contributed by atoms with Crippen LogP contribution in [0.2, 0.25) is 0 Å². The highest BCUT2D eigenvalue weighted by molar-refractivity contribution is 6.05. The molecule has 0 N–H and O–H groups in total. The summed E-state index contributed by atoms with van der Waals surface area (Å²) in [5.41, 5.74) is 3.33. The van der Waals surface area contributed by atoms with E-state index in [1.165, 1.54) is 0 Å². The quantitative estimate of drug-likeness (QED) is 0.507. The van der Waals surface area contributed by atoms with E-state index in [2.05, 4.69) is 55.0 Å². The molecule has 0 aromatic heterocycles. The van der Waals surface area contributed by atoms with E-state index in [1.54, 1.807) is 0 Å². The molecule has 1 aliphatic carbocycles. The first kappa shape index (κ1) is 14.4. The lowest BCUT2D eigenvalue weighted by Crippen LogP contribution is -2.21. The number of hydrogen-bond acceptors (Lipinski definition) is 1. The standard InChI is InChI=1S/C17H23N/c1-6-9-15(12-13(2)3)17(18-5)16-11-8-7-10-14(16)4/h6-12,14,16H,2H2,1,3-5H3/b9-6-,15-12+,18-17+. The van der Waals surface area contributed by atoms with Crippen molar-refractivity contribution in [2.45, 2.75) is 20.8 Å². The molecule has 96 valence electrons. The second kappa shape index (κ2) is 6.95. The molecule has 1 aliphatic rings. The predicted octanol–water partition coefficient (Wildman–Crippen LogP) is 4.51. The van der Waals surface area contributed by atoms with Gasteiger partial charge in [0.05, 0.1) is 0 Å². The molecule has 1 nitrogen and oxygen atoms in total. The zero-order chi connectivity index (χ0) is 13.5. The summed E-state index contributed by atoms with van der Waals surface area (Å²) in [5, 5.41) is 0. The van der Waals surface area contributed by atoms with Crippen LogP contribution in [0.1, 0.15) is 20.8 Å². The van der Waals surface area contributed by atoms with Gasteiger partial charge in [-0.15, -0.1) is 0 Å². The zero-order valence-electron chi connectivity index (χ0n) is 11.9. The van der Waals surface area contributed by atoms with Gasteiger partial charge >= 0.3 is 0 Å². The third-order valence-electron chi connectivity index (χ3n) is 3.01. The van der Waals surface area contributed by atoms with Gasteiger partial charge in [0.1, 0.15) is 0 Å². The lowest BCUT2D eigenvalue weighted by atomic mass is 9.82. The van der Waals surface area contributed by atoms with Crippen LogP contribution in [-0.4, -0.2) is 12.8 Å². The van der Waals surface area contributed by atoms with Crippen LogP contribution in [0.25, 0.3) is 0 Å². The maximum atomic E-state index is 4.50. The molecule has 0 aromatic carbocycles. The number of aliphatic imine (C=N–C) groups is 1. The second-order valence-corrected chi connectivity index (χ2v) is 4.71. The van der Waals surface area contributed by atoms with Gasteiger partial charge in [0.25, 0.3) is 0 Å². The molecule has 0 saturated carbocycles. The van der Waals surface area contributed by atoms with Crippen LogP contribution in [0.3, 0.4) is 0 Å². The zero-order valence-corrected chi connectivity index (χ0v) is 11.9. The summed E-state index contributed by atoms with van der Waals surface area (Å²) in [6.07, 6.45) is 14.9. The Hall–Kier alpha value is -1.63. The van der Waals surface area contributed by atoms with Crippen molar-refractivity contribution in [2.24, 2.45) is 16.8 Å². The maximum Gasteiger partial charge on any atom is 0.0491 e. The smallest absolute Gasteiger partial charge is 0.0491 e. The first-order valence-corrected chi connectivity index (χ1v) is 6.42. The van der Waals surface area contributed by atoms with Gasteiger partial charge in [0.15, 0.2) is 0 Å². The Morgan fingerprint density at radius 2 is 1.94 bits per heavy atom. The summed E-state index contributed by atoms with van der Waals surface area (Å²) in [5.74, 6) is 0.828. The lowest BCUT2D eigenvalue weighted by molar-refractivity contribution is 0.635. The van der Waals surface area contributed by atoms with Crippen LogP contribution in [0.15, 0.2) is 65.2 Å². The van der Waals surface area contributed by atoms with Gasteiger partial charge in [-0.05, 0) is 25.3 Å². The highest BCUT2D eigenvalue weighted by atomic mass is 14.7. The maximum absolute atomic E-state index is 4.50. The first-order chi connectivity index (χ1) is 8.60. The van der Waals surface area contributed by atoms with Crippen molar-refractivity contribution in [1.82, 2.24) is 0 Å². The fourth-order valence-electron chi connectivity index (χ4n) is 2.18. The Balaban J connectivity index is 3.12. The molecular weight excluding hydrogens is 218 g/mol. The summed E-state index contributed by atoms with van der Waals surface area (Å²) in [6, 6.07) is 0. The van der Waals surface area contributed by atoms with E-state index < -0.39 is 0 Å². The van der Waals surface area contributed by atoms with Gasteiger partial charge in [0, 0.05) is 18.7 Å². The van der Waals surface area contributed by atoms with Crippen LogP contribution in [0.4, 0.5) is 0 Å². The Morgan fingerprint density at radius 1 is 1.28 bits per heavy atom. The molecule has 0 bridgehead atoms. The van der Waals surface area contributed by atoms with E-state index in [9.17, 15) is 0 Å². The van der Waals surface area contributed by atoms with E-state index in [4.69, 9.17) is 0 Å². The Labute approximate surface area is 111 Å². The molecule has 1 rings (SSSR count). The van der Waals surface area contributed by atoms with Gasteiger partial charge in [-0.25, -0.2) is 0 Å². The average molecular weight is 241 g/mol. The Bertz CT molecular complexity index is 444. The van der Waals surface area contributed by atoms with Gasteiger partial charge in [-0.1, -0.05) is 61.6 Å². The normalized spacial score (nSPS) is 24.9. The first-order valence-electron chi connectivity index (χ1n) is 6.42. The third kappa shape index (κ3) is 3.69. The minimum Gasteiger partial charge on any atom is -0.292 e. The molecular formula is C17H23N. The highest BCUT2D eigenvalue weighted by Gasteiger charge is 2.21. The van der Waals surface area contributed by atoms with Crippen LogP contribution < -0.4 is 0 Å². The van der Waals surface area contributed by atoms with Crippen LogP contribution >= 0.6 is 0 Å². The third-order valence-corrected chi connectivity index (χ3v) is 3.01. The van der Waals surface area contributed by atoms with E-state index >= 15 is 0 Å². The average Bonchev–Trinajstić information content (AvgIpc) is 2.32. The SMILES string of the molecule is C=C(C)/C=C(\C=C/C)C(=N\C)/C1C=CC=CC1C. The molecule has 0 amide bonds. The molecule has 0 spiro atoms. The van der Waals surface area contributed by atoms with Crippen molar-refractivity contribution in [1.29, 1.82) is 0 Å². The largest absolute Gasteiger partial charge is 0.292 e. The molecule has 2 atom stereocenters. The van der Waals surface area contributed by atoms with Crippen LogP contribution in [0.5, 0.6) is 0 Å². The highest BCUT2D eigenvalue weighted by Crippen LogP contribution is 2.25. The second-order valence-electron chi connectivity index (χ2n) is 4.71. The van der Waals surface area contributed by atoms with E-state index in [-0.39, 0.29) is 0 Å². The number of nitrogens with zero attached hydrogens (tertiary/aromatic N) is 1. The molecule has 0 radical (unpaired) electrons. The van der Waals surface area contributed by atoms with E-state index in [0.717, 1.165) is 16.9 Å². The minimum atomic E-state index is 0.349. The molecule has 0 aromatic rings. The van der Waals surface area contributed by atoms with Crippen LogP contribution in [-0.2, 0) is 0 Å². The fourth-order valence-corrected chi connectivity index (χ4v) is 2.18. The van der Waals surface area contributed by atoms with Crippen molar-refractivity contribution in [2.75, 3.05) is 7.05 Å². The molecule has 0 heterocycles. The van der Waals surface area contributed by atoms with Gasteiger partial charge in [0.2, 0.25) is 0 Å². The van der Waals surface area contributed by atoms with E-state index in [1.807, 2.05) is 27.0 Å². The predicted molar refractivity (Wildman–Crippen MR) is 82.0 cm³/mol. The summed E-state index contributed by atoms with van der Waals surface area (Å²) in [7, 11) is 1.87. The molecule has 1 heteroatoms. The van der Waals surface area contributed by atoms with Crippen molar-refractivity contribution < 1.29 is 0 Å². The van der Waals surface area contributed by atoms with Gasteiger partial charge in [-0.2, -0.15) is 0 Å². The lowest BCUT2D eigenvalue weighted by Gasteiger charge is -2.23. The van der Waals surface area contributed by atoms with Crippen LogP contribution in [0, 0.1) is 11.8 Å².